The molecule has 27 heavy (non-hydrogen) atoms. The molecule has 0 spiro atoms. The third-order valence-electron chi connectivity index (χ3n) is 4.83. The van der Waals surface area contributed by atoms with Crippen LogP contribution < -0.4 is 5.19 Å². The topological polar surface area (TPSA) is 20.2 Å². The van der Waals surface area contributed by atoms with Gasteiger partial charge in [0, 0.05) is 4.47 Å². The Morgan fingerprint density at radius 1 is 0.704 bits per heavy atom. The third kappa shape index (κ3) is 4.78. The van der Waals surface area contributed by atoms with Crippen LogP contribution in [-0.4, -0.2) is 13.2 Å². The zero-order chi connectivity index (χ0) is 19.8. The minimum Gasteiger partial charge on any atom is -0.392 e. The number of aryl methyl sites for hydroxylation is 2. The molecule has 3 rings (SSSR count). The van der Waals surface area contributed by atoms with Crippen LogP contribution in [0, 0.1) is 13.8 Å². The van der Waals surface area contributed by atoms with Crippen molar-refractivity contribution < 1.29 is 5.11 Å². The van der Waals surface area contributed by atoms with E-state index >= 15 is 0 Å². The molecule has 1 nitrogen and oxygen atoms in total. The maximum absolute atomic E-state index is 9.83. The van der Waals surface area contributed by atoms with Crippen LogP contribution in [0.5, 0.6) is 0 Å². The standard InChI is InChI=1S/C24H27BrOSi/c1-16-6-19(13-23(25)8-16)21-10-18(15-26)11-22(12-21)20-7-17(2)9-24(14-20)27(3,4)5/h6-14,26H,15H2,1-5H3. The number of hydrogen-bond donors (Lipinski definition) is 1. The van der Waals surface area contributed by atoms with Crippen LogP contribution >= 0.6 is 15.9 Å². The second kappa shape index (κ2) is 7.74. The first-order chi connectivity index (χ1) is 12.7. The molecule has 0 aliphatic carbocycles. The van der Waals surface area contributed by atoms with E-state index in [1.54, 1.807) is 0 Å². The lowest BCUT2D eigenvalue weighted by Gasteiger charge is -2.19. The predicted octanol–water partition coefficient (Wildman–Crippen LogP) is 6.44. The highest BCUT2D eigenvalue weighted by molar-refractivity contribution is 9.10. The van der Waals surface area contributed by atoms with Crippen molar-refractivity contribution in [1.82, 2.24) is 0 Å². The molecule has 0 saturated heterocycles. The predicted molar refractivity (Wildman–Crippen MR) is 123 cm³/mol. The summed E-state index contributed by atoms with van der Waals surface area (Å²) < 4.78 is 1.07. The molecule has 0 aliphatic rings. The van der Waals surface area contributed by atoms with Crippen LogP contribution in [0.15, 0.2) is 59.1 Å². The summed E-state index contributed by atoms with van der Waals surface area (Å²) in [6, 6.07) is 19.8. The van der Waals surface area contributed by atoms with Gasteiger partial charge in [-0.3, -0.25) is 0 Å². The molecule has 0 aromatic heterocycles. The Morgan fingerprint density at radius 2 is 1.22 bits per heavy atom. The van der Waals surface area contributed by atoms with E-state index in [0.717, 1.165) is 26.7 Å². The second-order valence-electron chi connectivity index (χ2n) is 8.43. The highest BCUT2D eigenvalue weighted by Gasteiger charge is 2.18. The first-order valence-electron chi connectivity index (χ1n) is 9.30. The summed E-state index contributed by atoms with van der Waals surface area (Å²) in [6.07, 6.45) is 0. The van der Waals surface area contributed by atoms with E-state index in [1.807, 2.05) is 0 Å². The zero-order valence-corrected chi connectivity index (χ0v) is 19.3. The Balaban J connectivity index is 2.19. The van der Waals surface area contributed by atoms with Crippen molar-refractivity contribution in [2.24, 2.45) is 0 Å². The smallest absolute Gasteiger partial charge is 0.0776 e. The Bertz CT molecular complexity index is 966. The average Bonchev–Trinajstić information content (AvgIpc) is 2.59. The summed E-state index contributed by atoms with van der Waals surface area (Å²) in [6.45, 7) is 11.5. The summed E-state index contributed by atoms with van der Waals surface area (Å²) >= 11 is 3.61. The molecular weight excluding hydrogens is 412 g/mol. The average molecular weight is 439 g/mol. The van der Waals surface area contributed by atoms with Gasteiger partial charge in [-0.15, -0.1) is 0 Å². The summed E-state index contributed by atoms with van der Waals surface area (Å²) in [5.74, 6) is 0. The van der Waals surface area contributed by atoms with Gasteiger partial charge >= 0.3 is 0 Å². The van der Waals surface area contributed by atoms with Crippen molar-refractivity contribution in [3.63, 3.8) is 0 Å². The number of rotatable bonds is 4. The van der Waals surface area contributed by atoms with Gasteiger partial charge < -0.3 is 5.11 Å². The molecule has 140 valence electrons. The number of aliphatic hydroxyl groups is 1. The van der Waals surface area contributed by atoms with Gasteiger partial charge in [0.15, 0.2) is 0 Å². The van der Waals surface area contributed by atoms with E-state index in [0.29, 0.717) is 0 Å². The van der Waals surface area contributed by atoms with Gasteiger partial charge in [0.1, 0.15) is 0 Å². The Kier molecular flexibility index (Phi) is 5.75. The van der Waals surface area contributed by atoms with Gasteiger partial charge in [0.25, 0.3) is 0 Å². The molecule has 3 aromatic rings. The van der Waals surface area contributed by atoms with Crippen LogP contribution in [0.4, 0.5) is 0 Å². The van der Waals surface area contributed by atoms with Gasteiger partial charge in [-0.2, -0.15) is 0 Å². The van der Waals surface area contributed by atoms with Crippen LogP contribution in [0.3, 0.4) is 0 Å². The lowest BCUT2D eigenvalue weighted by Crippen LogP contribution is -2.37. The van der Waals surface area contributed by atoms with Crippen molar-refractivity contribution in [2.75, 3.05) is 0 Å². The third-order valence-corrected chi connectivity index (χ3v) is 7.31. The van der Waals surface area contributed by atoms with E-state index in [9.17, 15) is 5.11 Å². The summed E-state index contributed by atoms with van der Waals surface area (Å²) in [5.41, 5.74) is 8.14. The molecular formula is C24H27BrOSi. The quantitative estimate of drug-likeness (QED) is 0.464. The Hall–Kier alpha value is -1.68. The van der Waals surface area contributed by atoms with E-state index in [4.69, 9.17) is 0 Å². The van der Waals surface area contributed by atoms with Crippen LogP contribution in [0.1, 0.15) is 16.7 Å². The summed E-state index contributed by atoms with van der Waals surface area (Å²) in [5, 5.41) is 11.3. The largest absolute Gasteiger partial charge is 0.392 e. The number of halogens is 1. The van der Waals surface area contributed by atoms with Crippen molar-refractivity contribution in [1.29, 1.82) is 0 Å². The maximum atomic E-state index is 9.83. The van der Waals surface area contributed by atoms with Crippen LogP contribution in [0.25, 0.3) is 22.3 Å². The van der Waals surface area contributed by atoms with Crippen molar-refractivity contribution in [3.8, 4) is 22.3 Å². The van der Waals surface area contributed by atoms with E-state index in [1.165, 1.54) is 21.9 Å². The fourth-order valence-corrected chi connectivity index (χ4v) is 5.26. The molecule has 0 atom stereocenters. The molecule has 0 radical (unpaired) electrons. The second-order valence-corrected chi connectivity index (χ2v) is 14.4. The van der Waals surface area contributed by atoms with Crippen molar-refractivity contribution >= 4 is 29.2 Å². The minimum absolute atomic E-state index is 0.0422. The molecule has 1 N–H and O–H groups in total. The molecule has 0 aliphatic heterocycles. The molecule has 3 heteroatoms. The number of benzene rings is 3. The van der Waals surface area contributed by atoms with Crippen molar-refractivity contribution in [2.45, 2.75) is 40.1 Å². The van der Waals surface area contributed by atoms with Crippen LogP contribution in [-0.2, 0) is 6.61 Å². The molecule has 0 heterocycles. The lowest BCUT2D eigenvalue weighted by atomic mass is 9.95. The first-order valence-corrected chi connectivity index (χ1v) is 13.6. The number of aliphatic hydroxyl groups excluding tert-OH is 1. The van der Waals surface area contributed by atoms with Gasteiger partial charge in [0.2, 0.25) is 0 Å². The molecule has 0 unspecified atom stereocenters. The first kappa shape index (κ1) is 20.1. The molecule has 0 bridgehead atoms. The maximum Gasteiger partial charge on any atom is 0.0776 e. The van der Waals surface area contributed by atoms with Gasteiger partial charge in [0.05, 0.1) is 14.7 Å². The fraction of sp³-hybridized carbons (Fsp3) is 0.250. The zero-order valence-electron chi connectivity index (χ0n) is 16.7. The molecule has 0 saturated carbocycles. The highest BCUT2D eigenvalue weighted by Crippen LogP contribution is 2.31. The van der Waals surface area contributed by atoms with E-state index in [-0.39, 0.29) is 6.61 Å². The highest BCUT2D eigenvalue weighted by atomic mass is 79.9. The Labute approximate surface area is 172 Å². The summed E-state index contributed by atoms with van der Waals surface area (Å²) in [7, 11) is -1.40. The van der Waals surface area contributed by atoms with E-state index < -0.39 is 8.07 Å². The van der Waals surface area contributed by atoms with Crippen LogP contribution in [0.2, 0.25) is 19.6 Å². The van der Waals surface area contributed by atoms with Gasteiger partial charge in [-0.25, -0.2) is 0 Å². The number of hydrogen-bond acceptors (Lipinski definition) is 1. The molecule has 0 amide bonds. The fourth-order valence-electron chi connectivity index (χ4n) is 3.40. The van der Waals surface area contributed by atoms with Gasteiger partial charge in [-0.05, 0) is 77.6 Å². The molecule has 3 aromatic carbocycles. The molecule has 0 fully saturated rings. The summed E-state index contributed by atoms with van der Waals surface area (Å²) in [4.78, 5) is 0. The Morgan fingerprint density at radius 3 is 1.74 bits per heavy atom. The lowest BCUT2D eigenvalue weighted by molar-refractivity contribution is 0.282. The van der Waals surface area contributed by atoms with Gasteiger partial charge in [-0.1, -0.05) is 70.6 Å². The minimum atomic E-state index is -1.40. The monoisotopic (exact) mass is 438 g/mol. The normalized spacial score (nSPS) is 11.7. The van der Waals surface area contributed by atoms with E-state index in [2.05, 4.69) is 104 Å². The van der Waals surface area contributed by atoms with Crippen molar-refractivity contribution in [3.05, 3.63) is 75.8 Å². The SMILES string of the molecule is Cc1cc(Br)cc(-c2cc(CO)cc(-c3cc(C)cc([Si](C)(C)C)c3)c2)c1.